The summed E-state index contributed by atoms with van der Waals surface area (Å²) in [6.45, 7) is 1.62. The summed E-state index contributed by atoms with van der Waals surface area (Å²) in [6, 6.07) is 2.05. The Morgan fingerprint density at radius 1 is 1.42 bits per heavy atom. The lowest BCUT2D eigenvalue weighted by Crippen LogP contribution is -2.26. The van der Waals surface area contributed by atoms with Gasteiger partial charge in [-0.3, -0.25) is 0 Å². The molecule has 12 heavy (non-hydrogen) atoms. The van der Waals surface area contributed by atoms with Gasteiger partial charge < -0.3 is 10.4 Å². The van der Waals surface area contributed by atoms with Crippen molar-refractivity contribution < 1.29 is 5.11 Å². The predicted molar refractivity (Wildman–Crippen MR) is 46.4 cm³/mol. The highest BCUT2D eigenvalue weighted by Crippen LogP contribution is 2.30. The zero-order valence-electron chi connectivity index (χ0n) is 7.29. The van der Waals surface area contributed by atoms with Gasteiger partial charge in [-0.15, -0.1) is 0 Å². The van der Waals surface area contributed by atoms with Crippen molar-refractivity contribution in [1.82, 2.24) is 5.32 Å². The number of hydrogen-bond acceptors (Lipinski definition) is 3. The molecule has 0 heterocycles. The molecule has 2 N–H and O–H groups in total. The molecule has 0 saturated heterocycles. The van der Waals surface area contributed by atoms with E-state index in [0.717, 1.165) is 13.0 Å². The van der Waals surface area contributed by atoms with Crippen molar-refractivity contribution in [2.45, 2.75) is 19.3 Å². The average Bonchev–Trinajstić information content (AvgIpc) is 2.52. The standard InChI is InChI=1S/C9H16N2O/c10-4-5-11-6-8-2-1-3-9(8)7-12/h8-9,11-12H,1-3,5-7H2. The Labute approximate surface area is 73.4 Å². The number of aliphatic hydroxyl groups is 1. The second-order valence-corrected chi connectivity index (χ2v) is 3.42. The smallest absolute Gasteiger partial charge is 0.0841 e. The monoisotopic (exact) mass is 168 g/mol. The fourth-order valence-electron chi connectivity index (χ4n) is 1.94. The normalized spacial score (nSPS) is 28.7. The molecule has 1 aliphatic carbocycles. The fraction of sp³-hybridized carbons (Fsp3) is 0.889. The molecule has 1 fully saturated rings. The molecule has 68 valence electrons. The van der Waals surface area contributed by atoms with Gasteiger partial charge in [0.25, 0.3) is 0 Å². The summed E-state index contributed by atoms with van der Waals surface area (Å²) in [6.07, 6.45) is 3.57. The largest absolute Gasteiger partial charge is 0.396 e. The Hall–Kier alpha value is -0.590. The molecule has 0 aromatic carbocycles. The van der Waals surface area contributed by atoms with E-state index in [1.165, 1.54) is 12.8 Å². The van der Waals surface area contributed by atoms with E-state index in [0.29, 0.717) is 25.0 Å². The van der Waals surface area contributed by atoms with Gasteiger partial charge in [0.15, 0.2) is 0 Å². The summed E-state index contributed by atoms with van der Waals surface area (Å²) in [5, 5.41) is 20.4. The van der Waals surface area contributed by atoms with E-state index in [1.54, 1.807) is 0 Å². The quantitative estimate of drug-likeness (QED) is 0.475. The maximum absolute atomic E-state index is 9.00. The van der Waals surface area contributed by atoms with E-state index in [9.17, 15) is 0 Å². The van der Waals surface area contributed by atoms with Gasteiger partial charge in [0.2, 0.25) is 0 Å². The summed E-state index contributed by atoms with van der Waals surface area (Å²) in [7, 11) is 0. The fourth-order valence-corrected chi connectivity index (χ4v) is 1.94. The Morgan fingerprint density at radius 3 is 2.83 bits per heavy atom. The zero-order valence-corrected chi connectivity index (χ0v) is 7.29. The number of nitrogens with zero attached hydrogens (tertiary/aromatic N) is 1. The first-order chi connectivity index (χ1) is 5.88. The van der Waals surface area contributed by atoms with Crippen molar-refractivity contribution >= 4 is 0 Å². The van der Waals surface area contributed by atoms with Crippen LogP contribution in [0.5, 0.6) is 0 Å². The molecule has 1 saturated carbocycles. The molecule has 0 spiro atoms. The van der Waals surface area contributed by atoms with Crippen LogP contribution in [0.25, 0.3) is 0 Å². The number of nitrogens with one attached hydrogen (secondary N) is 1. The molecule has 0 aliphatic heterocycles. The van der Waals surface area contributed by atoms with E-state index >= 15 is 0 Å². The Balaban J connectivity index is 2.18. The third-order valence-corrected chi connectivity index (χ3v) is 2.66. The third kappa shape index (κ3) is 2.47. The van der Waals surface area contributed by atoms with Crippen LogP contribution in [0.1, 0.15) is 19.3 Å². The minimum atomic E-state index is 0.304. The highest BCUT2D eigenvalue weighted by atomic mass is 16.3. The second kappa shape index (κ2) is 5.13. The van der Waals surface area contributed by atoms with Crippen molar-refractivity contribution in [3.63, 3.8) is 0 Å². The van der Waals surface area contributed by atoms with Gasteiger partial charge in [-0.2, -0.15) is 5.26 Å². The number of hydrogen-bond donors (Lipinski definition) is 2. The maximum Gasteiger partial charge on any atom is 0.0841 e. The van der Waals surface area contributed by atoms with Crippen molar-refractivity contribution in [1.29, 1.82) is 5.26 Å². The van der Waals surface area contributed by atoms with Crippen LogP contribution >= 0.6 is 0 Å². The third-order valence-electron chi connectivity index (χ3n) is 2.66. The lowest BCUT2D eigenvalue weighted by molar-refractivity contribution is 0.193. The van der Waals surface area contributed by atoms with Crippen LogP contribution in [-0.4, -0.2) is 24.8 Å². The summed E-state index contributed by atoms with van der Waals surface area (Å²) < 4.78 is 0. The van der Waals surface area contributed by atoms with E-state index < -0.39 is 0 Å². The SMILES string of the molecule is N#CCNCC1CCCC1CO. The molecular formula is C9H16N2O. The van der Waals surface area contributed by atoms with Crippen LogP contribution in [0.4, 0.5) is 0 Å². The summed E-state index contributed by atoms with van der Waals surface area (Å²) >= 11 is 0. The van der Waals surface area contributed by atoms with Crippen molar-refractivity contribution in [2.24, 2.45) is 11.8 Å². The first kappa shape index (κ1) is 9.50. The maximum atomic E-state index is 9.00. The summed E-state index contributed by atoms with van der Waals surface area (Å²) in [5.74, 6) is 1.06. The van der Waals surface area contributed by atoms with Gasteiger partial charge >= 0.3 is 0 Å². The minimum Gasteiger partial charge on any atom is -0.396 e. The van der Waals surface area contributed by atoms with Crippen molar-refractivity contribution in [3.05, 3.63) is 0 Å². The Morgan fingerprint density at radius 2 is 2.17 bits per heavy atom. The van der Waals surface area contributed by atoms with Crippen LogP contribution in [0.3, 0.4) is 0 Å². The van der Waals surface area contributed by atoms with Crippen molar-refractivity contribution in [3.8, 4) is 6.07 Å². The van der Waals surface area contributed by atoms with E-state index in [2.05, 4.69) is 11.4 Å². The summed E-state index contributed by atoms with van der Waals surface area (Å²) in [5.41, 5.74) is 0. The lowest BCUT2D eigenvalue weighted by atomic mass is 9.97. The molecule has 2 atom stereocenters. The van der Waals surface area contributed by atoms with Gasteiger partial charge in [-0.05, 0) is 31.2 Å². The first-order valence-corrected chi connectivity index (χ1v) is 4.57. The molecular weight excluding hydrogens is 152 g/mol. The number of aliphatic hydroxyl groups excluding tert-OH is 1. The highest BCUT2D eigenvalue weighted by Gasteiger charge is 2.25. The average molecular weight is 168 g/mol. The first-order valence-electron chi connectivity index (χ1n) is 4.57. The zero-order chi connectivity index (χ0) is 8.81. The van der Waals surface area contributed by atoms with Gasteiger partial charge in [0.1, 0.15) is 0 Å². The van der Waals surface area contributed by atoms with E-state index in [-0.39, 0.29) is 0 Å². The van der Waals surface area contributed by atoms with Gasteiger partial charge in [-0.25, -0.2) is 0 Å². The van der Waals surface area contributed by atoms with Gasteiger partial charge in [0.05, 0.1) is 12.6 Å². The Bertz CT molecular complexity index is 164. The molecule has 3 nitrogen and oxygen atoms in total. The van der Waals surface area contributed by atoms with Crippen LogP contribution in [0, 0.1) is 23.2 Å². The molecule has 2 unspecified atom stereocenters. The van der Waals surface area contributed by atoms with Crippen LogP contribution in [0.15, 0.2) is 0 Å². The second-order valence-electron chi connectivity index (χ2n) is 3.42. The predicted octanol–water partition coefficient (Wildman–Crippen LogP) is 0.508. The van der Waals surface area contributed by atoms with Gasteiger partial charge in [-0.1, -0.05) is 6.42 Å². The van der Waals surface area contributed by atoms with Crippen LogP contribution in [0.2, 0.25) is 0 Å². The summed E-state index contributed by atoms with van der Waals surface area (Å²) in [4.78, 5) is 0. The Kier molecular flexibility index (Phi) is 4.06. The minimum absolute atomic E-state index is 0.304. The molecule has 0 radical (unpaired) electrons. The topological polar surface area (TPSA) is 56.0 Å². The molecule has 3 heteroatoms. The lowest BCUT2D eigenvalue weighted by Gasteiger charge is -2.16. The van der Waals surface area contributed by atoms with Crippen LogP contribution < -0.4 is 5.32 Å². The number of nitriles is 1. The van der Waals surface area contributed by atoms with Gasteiger partial charge in [0, 0.05) is 6.61 Å². The molecule has 0 aromatic heterocycles. The molecule has 0 bridgehead atoms. The van der Waals surface area contributed by atoms with E-state index in [1.807, 2.05) is 0 Å². The molecule has 0 amide bonds. The van der Waals surface area contributed by atoms with Crippen molar-refractivity contribution in [2.75, 3.05) is 19.7 Å². The van der Waals surface area contributed by atoms with E-state index in [4.69, 9.17) is 10.4 Å². The molecule has 1 rings (SSSR count). The highest BCUT2D eigenvalue weighted by molar-refractivity contribution is 4.81. The molecule has 1 aliphatic rings. The van der Waals surface area contributed by atoms with Crippen LogP contribution in [-0.2, 0) is 0 Å². The number of rotatable bonds is 4. The molecule has 0 aromatic rings.